The highest BCUT2D eigenvalue weighted by Crippen LogP contribution is 2.16. The summed E-state index contributed by atoms with van der Waals surface area (Å²) in [7, 11) is -3.73. The number of carbonyl (C=O) groups is 1. The van der Waals surface area contributed by atoms with Crippen LogP contribution in [0.5, 0.6) is 5.75 Å². The predicted molar refractivity (Wildman–Crippen MR) is 83.2 cm³/mol. The predicted octanol–water partition coefficient (Wildman–Crippen LogP) is 2.19. The Hall–Kier alpha value is -2.18. The van der Waals surface area contributed by atoms with Gasteiger partial charge in [0.25, 0.3) is 0 Å². The van der Waals surface area contributed by atoms with Crippen LogP contribution < -0.4 is 9.46 Å². The summed E-state index contributed by atoms with van der Waals surface area (Å²) in [4.78, 5) is 11.9. The molecule has 0 aliphatic carbocycles. The molecule has 0 atom stereocenters. The zero-order valence-electron chi connectivity index (χ0n) is 12.4. The monoisotopic (exact) mass is 319 g/mol. The van der Waals surface area contributed by atoms with Gasteiger partial charge in [-0.3, -0.25) is 4.79 Å². The molecule has 0 unspecified atom stereocenters. The Bertz CT molecular complexity index is 784. The highest BCUT2D eigenvalue weighted by molar-refractivity contribution is 7.89. The summed E-state index contributed by atoms with van der Waals surface area (Å²) in [6, 6.07) is 13.5. The minimum atomic E-state index is -3.73. The number of sulfonamides is 1. The Kier molecular flexibility index (Phi) is 4.95. The highest BCUT2D eigenvalue weighted by atomic mass is 32.2. The number of nitrogens with one attached hydrogen (secondary N) is 1. The normalized spacial score (nSPS) is 11.2. The first-order valence-corrected chi connectivity index (χ1v) is 8.19. The van der Waals surface area contributed by atoms with Crippen molar-refractivity contribution < 1.29 is 17.9 Å². The van der Waals surface area contributed by atoms with Gasteiger partial charge in [-0.1, -0.05) is 30.3 Å². The molecule has 0 aliphatic heterocycles. The van der Waals surface area contributed by atoms with Crippen molar-refractivity contribution in [3.63, 3.8) is 0 Å². The maximum Gasteiger partial charge on any atom is 0.326 e. The van der Waals surface area contributed by atoms with Crippen LogP contribution in [0.2, 0.25) is 0 Å². The molecule has 5 nitrogen and oxygen atoms in total. The third kappa shape index (κ3) is 4.16. The quantitative estimate of drug-likeness (QED) is 0.677. The van der Waals surface area contributed by atoms with E-state index >= 15 is 0 Å². The number of benzene rings is 2. The second-order valence-electron chi connectivity index (χ2n) is 4.88. The number of aryl methyl sites for hydroxylation is 2. The molecule has 2 aromatic carbocycles. The van der Waals surface area contributed by atoms with Crippen LogP contribution in [0.15, 0.2) is 53.4 Å². The van der Waals surface area contributed by atoms with Gasteiger partial charge in [0.1, 0.15) is 12.3 Å². The number of ether oxygens (including phenoxy) is 1. The first kappa shape index (κ1) is 16.2. The minimum absolute atomic E-state index is 0.121. The van der Waals surface area contributed by atoms with E-state index in [2.05, 4.69) is 4.72 Å². The molecule has 116 valence electrons. The highest BCUT2D eigenvalue weighted by Gasteiger charge is 2.16. The fourth-order valence-corrected chi connectivity index (χ4v) is 2.92. The van der Waals surface area contributed by atoms with Crippen LogP contribution in [0.1, 0.15) is 11.1 Å². The van der Waals surface area contributed by atoms with E-state index in [1.807, 2.05) is 6.07 Å². The van der Waals surface area contributed by atoms with Crippen molar-refractivity contribution in [1.29, 1.82) is 0 Å². The third-order valence-electron chi connectivity index (χ3n) is 3.02. The molecule has 22 heavy (non-hydrogen) atoms. The average molecular weight is 319 g/mol. The number of carbonyl (C=O) groups excluding carboxylic acids is 1. The molecular weight excluding hydrogens is 302 g/mol. The van der Waals surface area contributed by atoms with Gasteiger partial charge in [-0.25, -0.2) is 8.42 Å². The van der Waals surface area contributed by atoms with Crippen LogP contribution in [0.4, 0.5) is 0 Å². The summed E-state index contributed by atoms with van der Waals surface area (Å²) < 4.78 is 31.6. The summed E-state index contributed by atoms with van der Waals surface area (Å²) in [5.41, 5.74) is 1.63. The number of esters is 1. The standard InChI is InChI=1S/C16H17NO4S/c1-12-6-5-8-14(10-12)22(19,20)17-11-16(18)21-15-9-4-3-7-13(15)2/h3-10,17H,11H2,1-2H3. The average Bonchev–Trinajstić information content (AvgIpc) is 2.48. The van der Waals surface area contributed by atoms with Crippen molar-refractivity contribution in [3.8, 4) is 5.75 Å². The van der Waals surface area contributed by atoms with Crippen LogP contribution in [0.3, 0.4) is 0 Å². The molecule has 0 heterocycles. The van der Waals surface area contributed by atoms with Crippen molar-refractivity contribution in [2.24, 2.45) is 0 Å². The molecule has 0 saturated carbocycles. The van der Waals surface area contributed by atoms with E-state index in [1.165, 1.54) is 12.1 Å². The van der Waals surface area contributed by atoms with Gasteiger partial charge >= 0.3 is 5.97 Å². The van der Waals surface area contributed by atoms with Gasteiger partial charge in [-0.2, -0.15) is 4.72 Å². The summed E-state index contributed by atoms with van der Waals surface area (Å²) in [6.45, 7) is 3.18. The van der Waals surface area contributed by atoms with Gasteiger partial charge in [0.15, 0.2) is 0 Å². The Labute approximate surface area is 130 Å². The Balaban J connectivity index is 2.00. The SMILES string of the molecule is Cc1cccc(S(=O)(=O)NCC(=O)Oc2ccccc2C)c1. The summed E-state index contributed by atoms with van der Waals surface area (Å²) >= 11 is 0. The molecule has 0 radical (unpaired) electrons. The molecular formula is C16H17NO4S. The molecule has 0 saturated heterocycles. The fraction of sp³-hybridized carbons (Fsp3) is 0.188. The molecule has 0 amide bonds. The molecule has 1 N–H and O–H groups in total. The van der Waals surface area contributed by atoms with Crippen molar-refractivity contribution >= 4 is 16.0 Å². The maximum atomic E-state index is 12.1. The topological polar surface area (TPSA) is 72.5 Å². The number of hydrogen-bond acceptors (Lipinski definition) is 4. The minimum Gasteiger partial charge on any atom is -0.425 e. The first-order chi connectivity index (χ1) is 10.4. The third-order valence-corrected chi connectivity index (χ3v) is 4.42. The van der Waals surface area contributed by atoms with Crippen LogP contribution in [-0.4, -0.2) is 20.9 Å². The van der Waals surface area contributed by atoms with E-state index in [0.717, 1.165) is 11.1 Å². The van der Waals surface area contributed by atoms with E-state index in [4.69, 9.17) is 4.74 Å². The van der Waals surface area contributed by atoms with Gasteiger partial charge in [0.2, 0.25) is 10.0 Å². The number of para-hydroxylation sites is 1. The summed E-state index contributed by atoms with van der Waals surface area (Å²) in [6.07, 6.45) is 0. The Morgan fingerprint density at radius 3 is 2.50 bits per heavy atom. The summed E-state index contributed by atoms with van der Waals surface area (Å²) in [5.74, 6) is -0.243. The second-order valence-corrected chi connectivity index (χ2v) is 6.65. The van der Waals surface area contributed by atoms with E-state index in [9.17, 15) is 13.2 Å². The van der Waals surface area contributed by atoms with Gasteiger partial charge < -0.3 is 4.74 Å². The zero-order chi connectivity index (χ0) is 16.2. The molecule has 0 spiro atoms. The second kappa shape index (κ2) is 6.72. The molecule has 0 aromatic heterocycles. The van der Waals surface area contributed by atoms with Gasteiger partial charge in [-0.05, 0) is 43.2 Å². The number of rotatable bonds is 5. The van der Waals surface area contributed by atoms with Crippen molar-refractivity contribution in [3.05, 3.63) is 59.7 Å². The van der Waals surface area contributed by atoms with E-state index in [0.29, 0.717) is 5.75 Å². The van der Waals surface area contributed by atoms with Crippen LogP contribution in [0.25, 0.3) is 0 Å². The summed E-state index contributed by atoms with van der Waals surface area (Å²) in [5, 5.41) is 0. The lowest BCUT2D eigenvalue weighted by Gasteiger charge is -2.09. The van der Waals surface area contributed by atoms with Crippen LogP contribution >= 0.6 is 0 Å². The first-order valence-electron chi connectivity index (χ1n) is 6.71. The van der Waals surface area contributed by atoms with Crippen molar-refractivity contribution in [1.82, 2.24) is 4.72 Å². The molecule has 2 rings (SSSR count). The van der Waals surface area contributed by atoms with Crippen molar-refractivity contribution in [2.75, 3.05) is 6.54 Å². The smallest absolute Gasteiger partial charge is 0.326 e. The van der Waals surface area contributed by atoms with Crippen LogP contribution in [0, 0.1) is 13.8 Å². The van der Waals surface area contributed by atoms with E-state index in [-0.39, 0.29) is 4.90 Å². The lowest BCUT2D eigenvalue weighted by molar-refractivity contribution is -0.133. The fourth-order valence-electron chi connectivity index (χ4n) is 1.85. The van der Waals surface area contributed by atoms with Crippen LogP contribution in [-0.2, 0) is 14.8 Å². The maximum absolute atomic E-state index is 12.1. The molecule has 0 aliphatic rings. The lowest BCUT2D eigenvalue weighted by atomic mass is 10.2. The van der Waals surface area contributed by atoms with E-state index in [1.54, 1.807) is 44.2 Å². The molecule has 2 aromatic rings. The van der Waals surface area contributed by atoms with Gasteiger partial charge in [0.05, 0.1) is 4.90 Å². The van der Waals surface area contributed by atoms with E-state index < -0.39 is 22.5 Å². The molecule has 0 fully saturated rings. The largest absolute Gasteiger partial charge is 0.425 e. The zero-order valence-corrected chi connectivity index (χ0v) is 13.2. The lowest BCUT2D eigenvalue weighted by Crippen LogP contribution is -2.32. The molecule has 0 bridgehead atoms. The van der Waals surface area contributed by atoms with Crippen molar-refractivity contribution in [2.45, 2.75) is 18.7 Å². The number of hydrogen-bond donors (Lipinski definition) is 1. The molecule has 6 heteroatoms. The Morgan fingerprint density at radius 2 is 1.82 bits per heavy atom. The van der Waals surface area contributed by atoms with Gasteiger partial charge in [0, 0.05) is 0 Å². The van der Waals surface area contributed by atoms with Gasteiger partial charge in [-0.15, -0.1) is 0 Å². The Morgan fingerprint density at radius 1 is 1.09 bits per heavy atom.